The van der Waals surface area contributed by atoms with Crippen LogP contribution in [0.25, 0.3) is 11.0 Å². The molecule has 4 heterocycles. The number of pyridine rings is 2. The van der Waals surface area contributed by atoms with Crippen molar-refractivity contribution in [3.05, 3.63) is 72.3 Å². The van der Waals surface area contributed by atoms with Gasteiger partial charge >= 0.3 is 11.9 Å². The Morgan fingerprint density at radius 2 is 1.08 bits per heavy atom. The Morgan fingerprint density at radius 3 is 1.42 bits per heavy atom. The summed E-state index contributed by atoms with van der Waals surface area (Å²) in [7, 11) is 10.4. The molecule has 2 unspecified atom stereocenters. The maximum Gasteiger partial charge on any atom is 0.419 e. The van der Waals surface area contributed by atoms with Crippen LogP contribution in [0.3, 0.4) is 0 Å². The summed E-state index contributed by atoms with van der Waals surface area (Å²) in [5.74, 6) is -0.595. The Hall–Kier alpha value is -4.02. The molecule has 0 saturated heterocycles. The quantitative estimate of drug-likeness (QED) is 0.179. The number of methoxy groups -OCH3 is 2. The second-order valence-corrected chi connectivity index (χ2v) is 9.46. The molecule has 0 amide bonds. The van der Waals surface area contributed by atoms with Crippen LogP contribution >= 0.6 is 0 Å². The third-order valence-corrected chi connectivity index (χ3v) is 6.50. The van der Waals surface area contributed by atoms with Gasteiger partial charge in [0.2, 0.25) is 0 Å². The standard InChI is InChI=1S/C28H34N4O6/c1-29(2)25(15-19-11-13-31-17-21(35-5)7-9-23(19)31)37-27(33)28(34)38-26(30(3)4)16-20-12-14-32-18-22(36-6)8-10-24(20)32/h7-14,17-18,25-26H,15-16H2,1-6H3. The normalized spacial score (nSPS) is 13.2. The van der Waals surface area contributed by atoms with Crippen LogP contribution in [-0.2, 0) is 31.9 Å². The van der Waals surface area contributed by atoms with Gasteiger partial charge in [-0.1, -0.05) is 0 Å². The van der Waals surface area contributed by atoms with E-state index in [1.165, 1.54) is 0 Å². The van der Waals surface area contributed by atoms with Crippen molar-refractivity contribution in [2.45, 2.75) is 25.3 Å². The highest BCUT2D eigenvalue weighted by Gasteiger charge is 2.28. The Morgan fingerprint density at radius 1 is 0.684 bits per heavy atom. The fraction of sp³-hybridized carbons (Fsp3) is 0.357. The van der Waals surface area contributed by atoms with Crippen molar-refractivity contribution in [2.75, 3.05) is 42.4 Å². The van der Waals surface area contributed by atoms with Crippen LogP contribution in [0.5, 0.6) is 11.5 Å². The number of fused-ring (bicyclic) bond motifs is 2. The van der Waals surface area contributed by atoms with Gasteiger partial charge in [0, 0.05) is 36.3 Å². The molecule has 2 atom stereocenters. The van der Waals surface area contributed by atoms with Crippen LogP contribution < -0.4 is 9.47 Å². The summed E-state index contributed by atoms with van der Waals surface area (Å²) in [6.07, 6.45) is 7.05. The van der Waals surface area contributed by atoms with Crippen molar-refractivity contribution < 1.29 is 28.5 Å². The second-order valence-electron chi connectivity index (χ2n) is 9.46. The van der Waals surface area contributed by atoms with Crippen molar-refractivity contribution in [3.8, 4) is 11.5 Å². The lowest BCUT2D eigenvalue weighted by molar-refractivity contribution is -0.182. The third-order valence-electron chi connectivity index (χ3n) is 6.50. The average molecular weight is 523 g/mol. The molecule has 0 aromatic carbocycles. The van der Waals surface area contributed by atoms with Gasteiger partial charge in [-0.05, 0) is 75.7 Å². The van der Waals surface area contributed by atoms with E-state index < -0.39 is 24.4 Å². The number of rotatable bonds is 10. The fourth-order valence-corrected chi connectivity index (χ4v) is 4.26. The number of esters is 2. The minimum absolute atomic E-state index is 0.395. The van der Waals surface area contributed by atoms with E-state index in [9.17, 15) is 9.59 Å². The van der Waals surface area contributed by atoms with Gasteiger partial charge in [-0.15, -0.1) is 0 Å². The van der Waals surface area contributed by atoms with Crippen molar-refractivity contribution in [1.29, 1.82) is 0 Å². The topological polar surface area (TPSA) is 86.4 Å². The highest BCUT2D eigenvalue weighted by atomic mass is 16.6. The van der Waals surface area contributed by atoms with Crippen molar-refractivity contribution >= 4 is 23.0 Å². The smallest absolute Gasteiger partial charge is 0.419 e. The first kappa shape index (κ1) is 27.0. The summed E-state index contributed by atoms with van der Waals surface area (Å²) in [4.78, 5) is 29.1. The van der Waals surface area contributed by atoms with Crippen molar-refractivity contribution in [3.63, 3.8) is 0 Å². The summed E-state index contributed by atoms with van der Waals surface area (Å²) in [6, 6.07) is 11.5. The van der Waals surface area contributed by atoms with Gasteiger partial charge in [0.25, 0.3) is 0 Å². The maximum absolute atomic E-state index is 12.8. The molecule has 202 valence electrons. The number of ether oxygens (including phenoxy) is 4. The predicted octanol–water partition coefficient (Wildman–Crippen LogP) is 2.86. The first-order chi connectivity index (χ1) is 18.2. The molecule has 0 fully saturated rings. The lowest BCUT2D eigenvalue weighted by atomic mass is 10.1. The zero-order valence-electron chi connectivity index (χ0n) is 22.6. The maximum atomic E-state index is 12.8. The first-order valence-electron chi connectivity index (χ1n) is 12.2. The molecule has 0 radical (unpaired) electrons. The second kappa shape index (κ2) is 11.6. The fourth-order valence-electron chi connectivity index (χ4n) is 4.26. The molecular weight excluding hydrogens is 488 g/mol. The van der Waals surface area contributed by atoms with E-state index in [1.807, 2.05) is 70.0 Å². The largest absolute Gasteiger partial charge is 0.495 e. The average Bonchev–Trinajstić information content (AvgIpc) is 3.50. The van der Waals surface area contributed by atoms with Crippen LogP contribution in [0.4, 0.5) is 0 Å². The van der Waals surface area contributed by atoms with E-state index >= 15 is 0 Å². The summed E-state index contributed by atoms with van der Waals surface area (Å²) < 4.78 is 25.6. The first-order valence-corrected chi connectivity index (χ1v) is 12.2. The van der Waals surface area contributed by atoms with Crippen LogP contribution in [-0.4, -0.2) is 85.4 Å². The highest BCUT2D eigenvalue weighted by molar-refractivity contribution is 6.29. The minimum Gasteiger partial charge on any atom is -0.495 e. The zero-order chi connectivity index (χ0) is 27.4. The molecule has 0 N–H and O–H groups in total. The zero-order valence-corrected chi connectivity index (χ0v) is 22.6. The number of hydrogen-bond donors (Lipinski definition) is 0. The number of hydrogen-bond acceptors (Lipinski definition) is 8. The van der Waals surface area contributed by atoms with E-state index in [2.05, 4.69) is 0 Å². The number of likely N-dealkylation sites (N-methyl/N-ethyl adjacent to an activating group) is 2. The number of carbonyl (C=O) groups is 2. The number of carbonyl (C=O) groups excluding carboxylic acids is 2. The molecule has 4 aromatic rings. The van der Waals surface area contributed by atoms with Crippen molar-refractivity contribution in [1.82, 2.24) is 18.6 Å². The molecule has 38 heavy (non-hydrogen) atoms. The van der Waals surface area contributed by atoms with Gasteiger partial charge in [-0.2, -0.15) is 0 Å². The molecule has 4 rings (SSSR count). The van der Waals surface area contributed by atoms with Gasteiger partial charge in [-0.3, -0.25) is 9.80 Å². The molecule has 0 bridgehead atoms. The monoisotopic (exact) mass is 522 g/mol. The van der Waals surface area contributed by atoms with Gasteiger partial charge in [-0.25, -0.2) is 9.59 Å². The van der Waals surface area contributed by atoms with Crippen LogP contribution in [0.15, 0.2) is 61.2 Å². The Bertz CT molecular complexity index is 1320. The molecule has 0 saturated carbocycles. The molecule has 0 aliphatic heterocycles. The lowest BCUT2D eigenvalue weighted by Gasteiger charge is -2.26. The SMILES string of the molecule is COc1ccc2c(CC(OC(=O)C(=O)OC(Cc3ccn4cc(OC)ccc34)N(C)C)N(C)C)ccn2c1. The number of aromatic nitrogens is 2. The molecule has 4 aromatic heterocycles. The van der Waals surface area contributed by atoms with Gasteiger partial charge in [0.1, 0.15) is 11.5 Å². The van der Waals surface area contributed by atoms with Crippen LogP contribution in [0.2, 0.25) is 0 Å². The van der Waals surface area contributed by atoms with Gasteiger partial charge in [0.15, 0.2) is 12.5 Å². The van der Waals surface area contributed by atoms with Crippen molar-refractivity contribution in [2.24, 2.45) is 0 Å². The Labute approximate surface area is 221 Å². The molecule has 10 heteroatoms. The molecule has 10 nitrogen and oxygen atoms in total. The summed E-state index contributed by atoms with van der Waals surface area (Å²) >= 11 is 0. The van der Waals surface area contributed by atoms with E-state index in [1.54, 1.807) is 52.2 Å². The predicted molar refractivity (Wildman–Crippen MR) is 142 cm³/mol. The van der Waals surface area contributed by atoms with Crippen LogP contribution in [0, 0.1) is 0 Å². The van der Waals surface area contributed by atoms with Crippen LogP contribution in [0.1, 0.15) is 11.1 Å². The Kier molecular flexibility index (Phi) is 8.23. The molecule has 0 spiro atoms. The van der Waals surface area contributed by atoms with E-state index in [0.29, 0.717) is 12.8 Å². The molecule has 0 aliphatic carbocycles. The summed E-state index contributed by atoms with van der Waals surface area (Å²) in [5, 5.41) is 0. The van der Waals surface area contributed by atoms with Gasteiger partial charge < -0.3 is 27.7 Å². The van der Waals surface area contributed by atoms with Gasteiger partial charge in [0.05, 0.1) is 26.6 Å². The van der Waals surface area contributed by atoms with E-state index in [4.69, 9.17) is 18.9 Å². The molecular formula is C28H34N4O6. The summed E-state index contributed by atoms with van der Waals surface area (Å²) in [6.45, 7) is 0. The van der Waals surface area contributed by atoms with E-state index in [0.717, 1.165) is 33.7 Å². The highest BCUT2D eigenvalue weighted by Crippen LogP contribution is 2.22. The minimum atomic E-state index is -1.03. The third kappa shape index (κ3) is 5.92. The number of nitrogens with zero attached hydrogens (tertiary/aromatic N) is 4. The lowest BCUT2D eigenvalue weighted by Crippen LogP contribution is -2.41. The molecule has 0 aliphatic rings. The van der Waals surface area contributed by atoms with E-state index in [-0.39, 0.29) is 0 Å². The summed E-state index contributed by atoms with van der Waals surface area (Å²) in [5.41, 5.74) is 3.86. The Balaban J connectivity index is 1.43.